The Labute approximate surface area is 120 Å². The van der Waals surface area contributed by atoms with Crippen LogP contribution in [-0.4, -0.2) is 23.0 Å². The van der Waals surface area contributed by atoms with Crippen molar-refractivity contribution in [2.24, 2.45) is 5.41 Å². The van der Waals surface area contributed by atoms with Crippen molar-refractivity contribution in [3.05, 3.63) is 53.7 Å². The molecule has 1 aromatic heterocycles. The summed E-state index contributed by atoms with van der Waals surface area (Å²) in [6.45, 7) is 9.67. The van der Waals surface area contributed by atoms with Crippen LogP contribution in [-0.2, 0) is 6.54 Å². The molecule has 1 aliphatic heterocycles. The van der Waals surface area contributed by atoms with Crippen LogP contribution in [0.1, 0.15) is 36.9 Å². The summed E-state index contributed by atoms with van der Waals surface area (Å²) >= 11 is 0. The summed E-state index contributed by atoms with van der Waals surface area (Å²) in [6, 6.07) is 10.8. The van der Waals surface area contributed by atoms with E-state index in [1.54, 1.807) is 6.26 Å². The van der Waals surface area contributed by atoms with Gasteiger partial charge >= 0.3 is 0 Å². The predicted molar refractivity (Wildman–Crippen MR) is 79.5 cm³/mol. The Kier molecular flexibility index (Phi) is 3.38. The molecule has 3 rings (SSSR count). The molecule has 1 fully saturated rings. The van der Waals surface area contributed by atoms with Crippen LogP contribution in [0.15, 0.2) is 41.0 Å². The van der Waals surface area contributed by atoms with Gasteiger partial charge in [-0.3, -0.25) is 4.90 Å². The zero-order chi connectivity index (χ0) is 14.2. The number of rotatable bonds is 3. The molecule has 0 N–H and O–H groups in total. The second-order valence-electron chi connectivity index (χ2n) is 6.48. The predicted octanol–water partition coefficient (Wildman–Crippen LogP) is 3.61. The molecule has 1 aliphatic rings. The van der Waals surface area contributed by atoms with Gasteiger partial charge in [-0.25, -0.2) is 4.98 Å². The van der Waals surface area contributed by atoms with Crippen molar-refractivity contribution in [3.63, 3.8) is 0 Å². The van der Waals surface area contributed by atoms with Crippen molar-refractivity contribution in [3.8, 4) is 0 Å². The van der Waals surface area contributed by atoms with E-state index in [0.29, 0.717) is 11.3 Å². The summed E-state index contributed by atoms with van der Waals surface area (Å²) in [5.41, 5.74) is 2.77. The minimum atomic E-state index is 0.292. The van der Waals surface area contributed by atoms with E-state index >= 15 is 0 Å². The zero-order valence-electron chi connectivity index (χ0n) is 12.5. The SMILES string of the molecule is Cc1nc(CN2CC(c3ccccc3)C(C)(C)C2)co1. The van der Waals surface area contributed by atoms with Gasteiger partial charge < -0.3 is 4.42 Å². The lowest BCUT2D eigenvalue weighted by Crippen LogP contribution is -2.23. The van der Waals surface area contributed by atoms with E-state index in [4.69, 9.17) is 4.42 Å². The maximum absolute atomic E-state index is 5.30. The first-order valence-electron chi connectivity index (χ1n) is 7.23. The van der Waals surface area contributed by atoms with Crippen LogP contribution in [0.4, 0.5) is 0 Å². The molecule has 0 amide bonds. The van der Waals surface area contributed by atoms with Crippen LogP contribution >= 0.6 is 0 Å². The molecular formula is C17H22N2O. The number of hydrogen-bond donors (Lipinski definition) is 0. The summed E-state index contributed by atoms with van der Waals surface area (Å²) in [6.07, 6.45) is 1.78. The molecule has 106 valence electrons. The van der Waals surface area contributed by atoms with Crippen molar-refractivity contribution in [1.82, 2.24) is 9.88 Å². The fourth-order valence-electron chi connectivity index (χ4n) is 3.33. The molecule has 0 saturated carbocycles. The molecule has 1 unspecified atom stereocenters. The molecule has 20 heavy (non-hydrogen) atoms. The monoisotopic (exact) mass is 270 g/mol. The lowest BCUT2D eigenvalue weighted by Gasteiger charge is -2.26. The largest absolute Gasteiger partial charge is 0.449 e. The van der Waals surface area contributed by atoms with Crippen molar-refractivity contribution >= 4 is 0 Å². The van der Waals surface area contributed by atoms with E-state index in [0.717, 1.165) is 31.2 Å². The molecule has 0 radical (unpaired) electrons. The summed E-state index contributed by atoms with van der Waals surface area (Å²) in [5.74, 6) is 1.33. The van der Waals surface area contributed by atoms with Crippen molar-refractivity contribution in [2.75, 3.05) is 13.1 Å². The number of hydrogen-bond acceptors (Lipinski definition) is 3. The van der Waals surface area contributed by atoms with Gasteiger partial charge in [-0.15, -0.1) is 0 Å². The molecule has 0 aliphatic carbocycles. The third-order valence-electron chi connectivity index (χ3n) is 4.27. The maximum atomic E-state index is 5.30. The Morgan fingerprint density at radius 2 is 2.05 bits per heavy atom. The first-order valence-corrected chi connectivity index (χ1v) is 7.23. The number of oxazole rings is 1. The summed E-state index contributed by atoms with van der Waals surface area (Å²) in [7, 11) is 0. The topological polar surface area (TPSA) is 29.3 Å². The smallest absolute Gasteiger partial charge is 0.191 e. The molecule has 0 spiro atoms. The quantitative estimate of drug-likeness (QED) is 0.853. The molecule has 3 nitrogen and oxygen atoms in total. The maximum Gasteiger partial charge on any atom is 0.191 e. The zero-order valence-corrected chi connectivity index (χ0v) is 12.5. The second kappa shape index (κ2) is 5.06. The summed E-state index contributed by atoms with van der Waals surface area (Å²) < 4.78 is 5.30. The third-order valence-corrected chi connectivity index (χ3v) is 4.27. The second-order valence-corrected chi connectivity index (χ2v) is 6.48. The van der Waals surface area contributed by atoms with Gasteiger partial charge in [0.15, 0.2) is 5.89 Å². The Bertz CT molecular complexity index is 574. The number of nitrogens with zero attached hydrogens (tertiary/aromatic N) is 2. The van der Waals surface area contributed by atoms with E-state index in [9.17, 15) is 0 Å². The fraction of sp³-hybridized carbons (Fsp3) is 0.471. The van der Waals surface area contributed by atoms with Gasteiger partial charge in [-0.1, -0.05) is 44.2 Å². The van der Waals surface area contributed by atoms with E-state index in [-0.39, 0.29) is 0 Å². The minimum Gasteiger partial charge on any atom is -0.449 e. The van der Waals surface area contributed by atoms with Crippen molar-refractivity contribution in [2.45, 2.75) is 33.2 Å². The minimum absolute atomic E-state index is 0.292. The van der Waals surface area contributed by atoms with Gasteiger partial charge in [0.05, 0.1) is 5.69 Å². The van der Waals surface area contributed by atoms with E-state index in [1.807, 2.05) is 6.92 Å². The lowest BCUT2D eigenvalue weighted by molar-refractivity contribution is 0.279. The normalized spacial score (nSPS) is 22.2. The van der Waals surface area contributed by atoms with Gasteiger partial charge in [0.2, 0.25) is 0 Å². The van der Waals surface area contributed by atoms with Crippen LogP contribution in [0.2, 0.25) is 0 Å². The van der Waals surface area contributed by atoms with Crippen LogP contribution in [0.5, 0.6) is 0 Å². The molecule has 1 saturated heterocycles. The van der Waals surface area contributed by atoms with Gasteiger partial charge in [-0.05, 0) is 11.0 Å². The third kappa shape index (κ3) is 2.63. The highest BCUT2D eigenvalue weighted by Gasteiger charge is 2.40. The molecule has 3 heteroatoms. The molecule has 1 aromatic carbocycles. The number of benzene rings is 1. The van der Waals surface area contributed by atoms with Crippen LogP contribution in [0.3, 0.4) is 0 Å². The van der Waals surface area contributed by atoms with Gasteiger partial charge in [0.1, 0.15) is 6.26 Å². The molecule has 2 aromatic rings. The van der Waals surface area contributed by atoms with E-state index in [1.165, 1.54) is 5.56 Å². The van der Waals surface area contributed by atoms with Crippen molar-refractivity contribution < 1.29 is 4.42 Å². The lowest BCUT2D eigenvalue weighted by atomic mass is 9.78. The summed E-state index contributed by atoms with van der Waals surface area (Å²) in [5, 5.41) is 0. The van der Waals surface area contributed by atoms with Crippen molar-refractivity contribution in [1.29, 1.82) is 0 Å². The number of likely N-dealkylation sites (tertiary alicyclic amines) is 1. The standard InChI is InChI=1S/C17H22N2O/c1-13-18-15(11-20-13)9-19-10-16(17(2,3)12-19)14-7-5-4-6-8-14/h4-8,11,16H,9-10,12H2,1-3H3. The number of aromatic nitrogens is 1. The fourth-order valence-corrected chi connectivity index (χ4v) is 3.33. The van der Waals surface area contributed by atoms with Gasteiger partial charge in [-0.2, -0.15) is 0 Å². The van der Waals surface area contributed by atoms with Crippen LogP contribution < -0.4 is 0 Å². The highest BCUT2D eigenvalue weighted by Crippen LogP contribution is 2.42. The first kappa shape index (κ1) is 13.4. The molecule has 0 bridgehead atoms. The number of aryl methyl sites for hydroxylation is 1. The average molecular weight is 270 g/mol. The Balaban J connectivity index is 1.75. The van der Waals surface area contributed by atoms with Crippen LogP contribution in [0, 0.1) is 12.3 Å². The van der Waals surface area contributed by atoms with Crippen LogP contribution in [0.25, 0.3) is 0 Å². The van der Waals surface area contributed by atoms with E-state index < -0.39 is 0 Å². The highest BCUT2D eigenvalue weighted by molar-refractivity contribution is 5.24. The Hall–Kier alpha value is -1.61. The summed E-state index contributed by atoms with van der Waals surface area (Å²) in [4.78, 5) is 6.89. The molecular weight excluding hydrogens is 248 g/mol. The molecule has 2 heterocycles. The first-order chi connectivity index (χ1) is 9.54. The highest BCUT2D eigenvalue weighted by atomic mass is 16.3. The van der Waals surface area contributed by atoms with Gasteiger partial charge in [0.25, 0.3) is 0 Å². The van der Waals surface area contributed by atoms with E-state index in [2.05, 4.69) is 54.1 Å². The Morgan fingerprint density at radius 3 is 2.70 bits per heavy atom. The average Bonchev–Trinajstić information content (AvgIpc) is 2.94. The Morgan fingerprint density at radius 1 is 1.30 bits per heavy atom. The van der Waals surface area contributed by atoms with Gasteiger partial charge in [0, 0.05) is 32.5 Å². The molecule has 1 atom stereocenters.